The summed E-state index contributed by atoms with van der Waals surface area (Å²) in [6, 6.07) is 6.53. The predicted molar refractivity (Wildman–Crippen MR) is 157 cm³/mol. The van der Waals surface area contributed by atoms with Gasteiger partial charge in [0.15, 0.2) is 11.5 Å². The fourth-order valence-electron chi connectivity index (χ4n) is 6.37. The minimum atomic E-state index is -0.931. The first-order valence-electron chi connectivity index (χ1n) is 14.7. The molecule has 1 aliphatic heterocycles. The third-order valence-electron chi connectivity index (χ3n) is 9.03. The number of nitrogens with two attached hydrogens (primary N) is 1. The first kappa shape index (κ1) is 28.0. The maximum Gasteiger partial charge on any atom is 0.167 e. The highest BCUT2D eigenvalue weighted by Gasteiger charge is 2.41. The van der Waals surface area contributed by atoms with Gasteiger partial charge in [-0.3, -0.25) is 9.47 Å². The summed E-state index contributed by atoms with van der Waals surface area (Å²) in [5.74, 6) is 1.97. The Kier molecular flexibility index (Phi) is 7.25. The van der Waals surface area contributed by atoms with E-state index in [-0.39, 0.29) is 24.4 Å². The summed E-state index contributed by atoms with van der Waals surface area (Å²) < 4.78 is 8.38. The van der Waals surface area contributed by atoms with Crippen LogP contribution in [0.5, 0.6) is 0 Å². The second kappa shape index (κ2) is 10.6. The van der Waals surface area contributed by atoms with Gasteiger partial charge in [0, 0.05) is 24.4 Å². The van der Waals surface area contributed by atoms with Gasteiger partial charge in [-0.05, 0) is 69.6 Å². The fraction of sp³-hybridized carbons (Fsp3) is 0.600. The number of nitrogens with one attached hydrogen (secondary N) is 1. The van der Waals surface area contributed by atoms with Crippen LogP contribution in [0.2, 0.25) is 0 Å². The largest absolute Gasteiger partial charge is 0.395 e. The van der Waals surface area contributed by atoms with Crippen LogP contribution in [-0.4, -0.2) is 75.6 Å². The van der Waals surface area contributed by atoms with E-state index in [9.17, 15) is 10.2 Å². The van der Waals surface area contributed by atoms with Crippen LogP contribution in [-0.2, 0) is 16.6 Å². The number of benzene rings is 1. The number of hydrogen-bond acceptors (Lipinski definition) is 9. The molecule has 0 radical (unpaired) electrons. The number of nitrogens with zero attached hydrogens (tertiary/aromatic N) is 6. The highest BCUT2D eigenvalue weighted by atomic mass is 16.5. The summed E-state index contributed by atoms with van der Waals surface area (Å²) in [5, 5.41) is 20.8. The number of aliphatic hydroxyl groups excluding tert-OH is 1. The number of fused-ring (bicyclic) bond motifs is 2. The summed E-state index contributed by atoms with van der Waals surface area (Å²) in [6.45, 7) is 8.61. The van der Waals surface area contributed by atoms with Crippen molar-refractivity contribution in [2.75, 3.05) is 18.9 Å². The molecule has 0 spiro atoms. The lowest BCUT2D eigenvalue weighted by molar-refractivity contribution is -0.145. The van der Waals surface area contributed by atoms with Crippen LogP contribution in [0.1, 0.15) is 77.4 Å². The summed E-state index contributed by atoms with van der Waals surface area (Å²) in [5.41, 5.74) is 9.11. The molecule has 2 fully saturated rings. The number of nitrogen functional groups attached to an aromatic ring is 1. The zero-order chi connectivity index (χ0) is 28.9. The predicted octanol–water partition coefficient (Wildman–Crippen LogP) is 3.67. The molecule has 3 aromatic heterocycles. The van der Waals surface area contributed by atoms with Crippen molar-refractivity contribution in [3.05, 3.63) is 42.2 Å². The Labute approximate surface area is 240 Å². The molecule has 6 rings (SSSR count). The molecule has 220 valence electrons. The molecule has 4 aromatic rings. The van der Waals surface area contributed by atoms with Gasteiger partial charge >= 0.3 is 0 Å². The topological polar surface area (TPSA) is 151 Å². The third kappa shape index (κ3) is 5.55. The number of hydrogen-bond donors (Lipinski definition) is 4. The van der Waals surface area contributed by atoms with Crippen molar-refractivity contribution < 1.29 is 14.9 Å². The highest BCUT2D eigenvalue weighted by Crippen LogP contribution is 2.39. The molecule has 41 heavy (non-hydrogen) atoms. The number of imidazole rings is 2. The number of aryl methyl sites for hydroxylation is 1. The van der Waals surface area contributed by atoms with Gasteiger partial charge in [0.25, 0.3) is 0 Å². The fourth-order valence-corrected chi connectivity index (χ4v) is 6.37. The lowest BCUT2D eigenvalue weighted by atomic mass is 9.76. The van der Waals surface area contributed by atoms with E-state index in [1.54, 1.807) is 6.33 Å². The van der Waals surface area contributed by atoms with Gasteiger partial charge < -0.3 is 25.7 Å². The maximum absolute atomic E-state index is 11.1. The molecule has 5 N–H and O–H groups in total. The van der Waals surface area contributed by atoms with Crippen LogP contribution < -0.4 is 5.73 Å². The standard InChI is InChI=1S/C30H42N8O3/c1-29(2,15-39)19-6-8-22-23(13-19)36-24(35-22)9-5-18-11-20(12-18)38(30(3,4)40)14-21-7-10-25(41-21)37-17-34-26-27(31)32-16-33-28(26)37/h6,8,13,16-18,20-21,25,39-40H,5,7,9-12,14-15H2,1-4H3,(H,35,36)(H2,31,32,33). The third-order valence-corrected chi connectivity index (χ3v) is 9.03. The number of aromatic nitrogens is 6. The summed E-state index contributed by atoms with van der Waals surface area (Å²) in [6.07, 6.45) is 8.85. The average molecular weight is 563 g/mol. The van der Waals surface area contributed by atoms with Gasteiger partial charge in [-0.1, -0.05) is 19.9 Å². The van der Waals surface area contributed by atoms with Gasteiger partial charge in [-0.15, -0.1) is 0 Å². The van der Waals surface area contributed by atoms with E-state index < -0.39 is 5.72 Å². The van der Waals surface area contributed by atoms with Crippen LogP contribution in [0.25, 0.3) is 22.2 Å². The molecule has 2 aliphatic rings. The van der Waals surface area contributed by atoms with E-state index in [2.05, 4.69) is 37.0 Å². The molecule has 1 aliphatic carbocycles. The Morgan fingerprint density at radius 3 is 2.71 bits per heavy atom. The zero-order valence-electron chi connectivity index (χ0n) is 24.4. The lowest BCUT2D eigenvalue weighted by Gasteiger charge is -2.49. The van der Waals surface area contributed by atoms with Crippen molar-refractivity contribution in [2.45, 2.75) is 95.7 Å². The number of anilines is 1. The second-order valence-corrected chi connectivity index (χ2v) is 13.0. The van der Waals surface area contributed by atoms with Crippen LogP contribution in [0, 0.1) is 5.92 Å². The van der Waals surface area contributed by atoms with Crippen molar-refractivity contribution >= 4 is 28.0 Å². The number of aromatic amines is 1. The number of ether oxygens (including phenoxy) is 1. The summed E-state index contributed by atoms with van der Waals surface area (Å²) in [7, 11) is 0. The monoisotopic (exact) mass is 562 g/mol. The lowest BCUT2D eigenvalue weighted by Crippen LogP contribution is -2.57. The minimum Gasteiger partial charge on any atom is -0.395 e. The normalized spacial score (nSPS) is 23.6. The van der Waals surface area contributed by atoms with Crippen LogP contribution in [0.3, 0.4) is 0 Å². The molecular weight excluding hydrogens is 520 g/mol. The van der Waals surface area contributed by atoms with Gasteiger partial charge in [-0.25, -0.2) is 19.9 Å². The molecule has 11 heteroatoms. The van der Waals surface area contributed by atoms with E-state index in [4.69, 9.17) is 15.5 Å². The zero-order valence-corrected chi connectivity index (χ0v) is 24.4. The van der Waals surface area contributed by atoms with Crippen molar-refractivity contribution in [3.8, 4) is 0 Å². The van der Waals surface area contributed by atoms with E-state index in [1.165, 1.54) is 6.33 Å². The van der Waals surface area contributed by atoms with E-state index in [0.29, 0.717) is 35.5 Å². The van der Waals surface area contributed by atoms with E-state index in [0.717, 1.165) is 60.9 Å². The molecule has 4 heterocycles. The molecular formula is C30H42N8O3. The molecule has 0 bridgehead atoms. The van der Waals surface area contributed by atoms with Crippen molar-refractivity contribution in [2.24, 2.45) is 5.92 Å². The van der Waals surface area contributed by atoms with E-state index in [1.807, 2.05) is 38.3 Å². The SMILES string of the molecule is CC(C)(CO)c1ccc2nc(CCC3CC(N(CC4CCC(n5cnc6c(N)ncnc65)O4)C(C)(C)O)C3)[nH]c2c1. The minimum absolute atomic E-state index is 0.0124. The van der Waals surface area contributed by atoms with Crippen LogP contribution in [0.4, 0.5) is 5.82 Å². The highest BCUT2D eigenvalue weighted by molar-refractivity contribution is 5.81. The first-order valence-corrected chi connectivity index (χ1v) is 14.7. The summed E-state index contributed by atoms with van der Waals surface area (Å²) >= 11 is 0. The Bertz CT molecular complexity index is 1520. The quantitative estimate of drug-likeness (QED) is 0.212. The van der Waals surface area contributed by atoms with Gasteiger partial charge in [-0.2, -0.15) is 0 Å². The van der Waals surface area contributed by atoms with Crippen molar-refractivity contribution in [1.29, 1.82) is 0 Å². The Balaban J connectivity index is 1.04. The molecule has 2 atom stereocenters. The summed E-state index contributed by atoms with van der Waals surface area (Å²) in [4.78, 5) is 23.3. The molecule has 2 unspecified atom stereocenters. The van der Waals surface area contributed by atoms with Gasteiger partial charge in [0.05, 0.1) is 30.1 Å². The van der Waals surface area contributed by atoms with Crippen molar-refractivity contribution in [1.82, 2.24) is 34.4 Å². The molecule has 1 aromatic carbocycles. The molecule has 0 amide bonds. The van der Waals surface area contributed by atoms with Gasteiger partial charge in [0.1, 0.15) is 29.6 Å². The van der Waals surface area contributed by atoms with Crippen molar-refractivity contribution in [3.63, 3.8) is 0 Å². The molecule has 1 saturated carbocycles. The Morgan fingerprint density at radius 2 is 1.95 bits per heavy atom. The number of aliphatic hydroxyl groups is 2. The second-order valence-electron chi connectivity index (χ2n) is 13.0. The maximum atomic E-state index is 11.1. The molecule has 11 nitrogen and oxygen atoms in total. The average Bonchev–Trinajstić information content (AvgIpc) is 3.64. The van der Waals surface area contributed by atoms with Crippen LogP contribution in [0.15, 0.2) is 30.9 Å². The number of rotatable bonds is 10. The van der Waals surface area contributed by atoms with Crippen LogP contribution >= 0.6 is 0 Å². The molecule has 1 saturated heterocycles. The Morgan fingerprint density at radius 1 is 1.15 bits per heavy atom. The van der Waals surface area contributed by atoms with Gasteiger partial charge in [0.2, 0.25) is 0 Å². The number of H-pyrrole nitrogens is 1. The Hall–Kier alpha value is -3.12. The smallest absolute Gasteiger partial charge is 0.167 e. The first-order chi connectivity index (χ1) is 19.5. The van der Waals surface area contributed by atoms with E-state index >= 15 is 0 Å².